The molecule has 0 spiro atoms. The standard InChI is InChI=1S/C30H44O4/c1-25(2)21-8-11-30(7)23(28(21,5)10-9-22(25)32)20(31)16-18-19-17-27(4,24(33)34)13-12-26(19,3)14-15-29(18,30)6/h16,19,21,23H,8-15,17H2,1-7H3,(H,33,34)/t19-,21-,23-,26+,27-,28-,29+,30+/m0/s1. The van der Waals surface area contributed by atoms with Crippen LogP contribution in [0.5, 0.6) is 0 Å². The molecule has 4 saturated carbocycles. The van der Waals surface area contributed by atoms with Crippen molar-refractivity contribution < 1.29 is 19.5 Å². The quantitative estimate of drug-likeness (QED) is 0.469. The smallest absolute Gasteiger partial charge is 0.309 e. The van der Waals surface area contributed by atoms with E-state index in [1.54, 1.807) is 0 Å². The van der Waals surface area contributed by atoms with Crippen LogP contribution in [0.4, 0.5) is 0 Å². The third-order valence-electron chi connectivity index (χ3n) is 12.8. The van der Waals surface area contributed by atoms with Crippen LogP contribution in [0.1, 0.15) is 106 Å². The molecule has 0 aromatic rings. The first-order chi connectivity index (χ1) is 15.6. The molecule has 0 aromatic heterocycles. The number of aliphatic carboxylic acids is 1. The van der Waals surface area contributed by atoms with Gasteiger partial charge in [0.05, 0.1) is 5.41 Å². The lowest BCUT2D eigenvalue weighted by molar-refractivity contribution is -0.188. The topological polar surface area (TPSA) is 71.4 Å². The first kappa shape index (κ1) is 24.3. The molecule has 0 saturated heterocycles. The van der Waals surface area contributed by atoms with Crippen molar-refractivity contribution in [1.29, 1.82) is 0 Å². The Morgan fingerprint density at radius 2 is 1.56 bits per heavy atom. The summed E-state index contributed by atoms with van der Waals surface area (Å²) in [6, 6.07) is 0. The summed E-state index contributed by atoms with van der Waals surface area (Å²) in [5, 5.41) is 10.0. The molecule has 5 aliphatic carbocycles. The van der Waals surface area contributed by atoms with Gasteiger partial charge in [0.2, 0.25) is 0 Å². The van der Waals surface area contributed by atoms with E-state index in [9.17, 15) is 19.5 Å². The lowest BCUT2D eigenvalue weighted by atomic mass is 9.33. The van der Waals surface area contributed by atoms with Gasteiger partial charge in [-0.2, -0.15) is 0 Å². The average Bonchev–Trinajstić information content (AvgIpc) is 2.73. The second-order valence-electron chi connectivity index (χ2n) is 14.7. The largest absolute Gasteiger partial charge is 0.481 e. The average molecular weight is 469 g/mol. The fourth-order valence-electron chi connectivity index (χ4n) is 10.2. The number of hydrogen-bond donors (Lipinski definition) is 1. The summed E-state index contributed by atoms with van der Waals surface area (Å²) >= 11 is 0. The molecule has 34 heavy (non-hydrogen) atoms. The summed E-state index contributed by atoms with van der Waals surface area (Å²) in [6.07, 6.45) is 9.78. The van der Waals surface area contributed by atoms with Gasteiger partial charge in [-0.15, -0.1) is 0 Å². The Morgan fingerprint density at radius 1 is 0.912 bits per heavy atom. The highest BCUT2D eigenvalue weighted by atomic mass is 16.4. The summed E-state index contributed by atoms with van der Waals surface area (Å²) in [5.41, 5.74) is -0.205. The van der Waals surface area contributed by atoms with Gasteiger partial charge in [-0.3, -0.25) is 14.4 Å². The maximum absolute atomic E-state index is 14.2. The summed E-state index contributed by atoms with van der Waals surface area (Å²) in [5.74, 6) is 0.222. The molecule has 5 aliphatic rings. The number of allylic oxidation sites excluding steroid dienone is 2. The van der Waals surface area contributed by atoms with Crippen molar-refractivity contribution in [3.63, 3.8) is 0 Å². The third kappa shape index (κ3) is 2.75. The van der Waals surface area contributed by atoms with Gasteiger partial charge in [0.1, 0.15) is 5.78 Å². The summed E-state index contributed by atoms with van der Waals surface area (Å²) in [4.78, 5) is 39.3. The van der Waals surface area contributed by atoms with E-state index in [0.717, 1.165) is 44.9 Å². The number of carbonyl (C=O) groups excluding carboxylic acids is 2. The molecule has 188 valence electrons. The lowest BCUT2D eigenvalue weighted by Crippen LogP contribution is -2.66. The molecular weight excluding hydrogens is 424 g/mol. The van der Waals surface area contributed by atoms with E-state index >= 15 is 0 Å². The Bertz CT molecular complexity index is 1010. The van der Waals surface area contributed by atoms with Gasteiger partial charge in [0.15, 0.2) is 5.78 Å². The third-order valence-corrected chi connectivity index (χ3v) is 12.8. The molecule has 0 heterocycles. The number of carbonyl (C=O) groups is 3. The second kappa shape index (κ2) is 6.85. The first-order valence-electron chi connectivity index (χ1n) is 13.6. The van der Waals surface area contributed by atoms with Crippen molar-refractivity contribution in [2.45, 2.75) is 106 Å². The van der Waals surface area contributed by atoms with Crippen LogP contribution in [0.2, 0.25) is 0 Å². The zero-order valence-corrected chi connectivity index (χ0v) is 22.3. The predicted molar refractivity (Wildman–Crippen MR) is 132 cm³/mol. The summed E-state index contributed by atoms with van der Waals surface area (Å²) < 4.78 is 0. The van der Waals surface area contributed by atoms with Crippen molar-refractivity contribution in [2.75, 3.05) is 0 Å². The minimum atomic E-state index is -0.721. The number of rotatable bonds is 1. The van der Waals surface area contributed by atoms with E-state index in [1.165, 1.54) is 5.57 Å². The number of carboxylic acids is 1. The number of hydrogen-bond acceptors (Lipinski definition) is 3. The molecule has 1 N–H and O–H groups in total. The summed E-state index contributed by atoms with van der Waals surface area (Å²) in [6.45, 7) is 15.5. The van der Waals surface area contributed by atoms with E-state index in [-0.39, 0.29) is 50.6 Å². The summed E-state index contributed by atoms with van der Waals surface area (Å²) in [7, 11) is 0. The van der Waals surface area contributed by atoms with Gasteiger partial charge in [-0.05, 0) is 97.9 Å². The van der Waals surface area contributed by atoms with Crippen molar-refractivity contribution in [2.24, 2.45) is 50.2 Å². The molecule has 0 amide bonds. The first-order valence-corrected chi connectivity index (χ1v) is 13.6. The van der Waals surface area contributed by atoms with E-state index in [0.29, 0.717) is 18.6 Å². The minimum Gasteiger partial charge on any atom is -0.481 e. The Labute approximate surface area is 205 Å². The zero-order valence-electron chi connectivity index (χ0n) is 22.3. The van der Waals surface area contributed by atoms with Gasteiger partial charge in [-0.1, -0.05) is 47.1 Å². The molecule has 0 unspecified atom stereocenters. The molecule has 4 nitrogen and oxygen atoms in total. The van der Waals surface area contributed by atoms with Crippen molar-refractivity contribution in [1.82, 2.24) is 0 Å². The minimum absolute atomic E-state index is 0.0707. The molecule has 8 atom stereocenters. The van der Waals surface area contributed by atoms with E-state index < -0.39 is 11.4 Å². The van der Waals surface area contributed by atoms with Crippen molar-refractivity contribution in [3.05, 3.63) is 11.6 Å². The number of Topliss-reactive ketones (excluding diaryl/α,β-unsaturated/α-hetero) is 1. The van der Waals surface area contributed by atoms with Crippen LogP contribution < -0.4 is 0 Å². The van der Waals surface area contributed by atoms with Crippen LogP contribution in [0.3, 0.4) is 0 Å². The normalized spacial score (nSPS) is 52.0. The molecule has 0 bridgehead atoms. The van der Waals surface area contributed by atoms with Gasteiger partial charge >= 0.3 is 5.97 Å². The van der Waals surface area contributed by atoms with Crippen molar-refractivity contribution in [3.8, 4) is 0 Å². The molecule has 4 fully saturated rings. The van der Waals surface area contributed by atoms with Crippen LogP contribution >= 0.6 is 0 Å². The fraction of sp³-hybridized carbons (Fsp3) is 0.833. The fourth-order valence-corrected chi connectivity index (χ4v) is 10.2. The van der Waals surface area contributed by atoms with E-state index in [4.69, 9.17) is 0 Å². The van der Waals surface area contributed by atoms with Crippen molar-refractivity contribution >= 4 is 17.5 Å². The second-order valence-corrected chi connectivity index (χ2v) is 14.7. The van der Waals surface area contributed by atoms with Crippen LogP contribution in [-0.2, 0) is 14.4 Å². The highest BCUT2D eigenvalue weighted by Gasteiger charge is 2.70. The highest BCUT2D eigenvalue weighted by Crippen LogP contribution is 2.74. The maximum atomic E-state index is 14.2. The van der Waals surface area contributed by atoms with Crippen LogP contribution in [0.25, 0.3) is 0 Å². The van der Waals surface area contributed by atoms with Crippen LogP contribution in [-0.4, -0.2) is 22.6 Å². The Balaban J connectivity index is 1.63. The van der Waals surface area contributed by atoms with E-state index in [2.05, 4.69) is 41.5 Å². The van der Waals surface area contributed by atoms with Gasteiger partial charge in [-0.25, -0.2) is 0 Å². The van der Waals surface area contributed by atoms with Gasteiger partial charge < -0.3 is 5.11 Å². The Hall–Kier alpha value is -1.45. The number of carboxylic acid groups (broad SMARTS) is 1. The van der Waals surface area contributed by atoms with Crippen LogP contribution in [0.15, 0.2) is 11.6 Å². The Kier molecular flexibility index (Phi) is 4.89. The SMILES string of the molecule is CC1(C)C(=O)CC[C@@]2(C)[C@H]1CC[C@]1(C)[C@H]2C(=O)C=C2[C@@H]3C[C@@](C)(C(=O)O)CC[C@]3(C)CC[C@]21C. The van der Waals surface area contributed by atoms with Crippen LogP contribution in [0, 0.1) is 50.2 Å². The molecule has 0 aliphatic heterocycles. The molecular formula is C30H44O4. The molecule has 0 aromatic carbocycles. The monoisotopic (exact) mass is 468 g/mol. The lowest BCUT2D eigenvalue weighted by Gasteiger charge is -2.69. The molecule has 4 heteroatoms. The van der Waals surface area contributed by atoms with Gasteiger partial charge in [0.25, 0.3) is 0 Å². The predicted octanol–water partition coefficient (Wildman–Crippen LogP) is 6.62. The number of fused-ring (bicyclic) bond motifs is 7. The number of ketones is 2. The molecule has 0 radical (unpaired) electrons. The van der Waals surface area contributed by atoms with Gasteiger partial charge in [0, 0.05) is 17.8 Å². The molecule has 5 rings (SSSR count). The Morgan fingerprint density at radius 3 is 2.21 bits per heavy atom. The van der Waals surface area contributed by atoms with E-state index in [1.807, 2.05) is 13.0 Å². The zero-order chi connectivity index (χ0) is 25.1. The maximum Gasteiger partial charge on any atom is 0.309 e. The highest BCUT2D eigenvalue weighted by molar-refractivity contribution is 5.96.